The first-order valence-corrected chi connectivity index (χ1v) is 10.0. The Morgan fingerprint density at radius 2 is 2.05 bits per heavy atom. The molecule has 0 atom stereocenters. The van der Waals surface area contributed by atoms with Crippen molar-refractivity contribution in [3.63, 3.8) is 0 Å². The molecule has 1 aliphatic rings. The maximum Gasteiger partial charge on any atom is 0.259 e. The Kier molecular flexibility index (Phi) is 6.44. The number of carbonyl (C=O) groups excluding carboxylic acids is 1. The molecule has 0 bridgehead atoms. The van der Waals surface area contributed by atoms with Crippen LogP contribution in [0.2, 0.25) is 0 Å². The summed E-state index contributed by atoms with van der Waals surface area (Å²) in [5.74, 6) is 1.84. The Hall–Kier alpha value is -0.660. The Morgan fingerprint density at radius 1 is 1.33 bits per heavy atom. The molecule has 0 saturated carbocycles. The lowest BCUT2D eigenvalue weighted by Gasteiger charge is -2.34. The van der Waals surface area contributed by atoms with E-state index in [1.807, 2.05) is 22.6 Å². The van der Waals surface area contributed by atoms with Crippen LogP contribution in [0.4, 0.5) is 0 Å². The maximum absolute atomic E-state index is 12.7. The number of piperazine rings is 1. The summed E-state index contributed by atoms with van der Waals surface area (Å²) in [6.45, 7) is 7.36. The summed E-state index contributed by atoms with van der Waals surface area (Å²) in [6.07, 6.45) is 3.81. The van der Waals surface area contributed by atoms with Gasteiger partial charge in [-0.3, -0.25) is 9.69 Å². The number of carbonyl (C=O) groups is 1. The third kappa shape index (κ3) is 4.17. The molecule has 1 fully saturated rings. The summed E-state index contributed by atoms with van der Waals surface area (Å²) in [5, 5.41) is 3.97. The molecule has 1 saturated heterocycles. The van der Waals surface area contributed by atoms with Gasteiger partial charge in [0.2, 0.25) is 0 Å². The van der Waals surface area contributed by atoms with Crippen LogP contribution in [0.5, 0.6) is 0 Å². The average molecular weight is 329 g/mol. The van der Waals surface area contributed by atoms with E-state index in [-0.39, 0.29) is 5.91 Å². The second-order valence-electron chi connectivity index (χ2n) is 5.14. The van der Waals surface area contributed by atoms with Gasteiger partial charge in [0.05, 0.1) is 11.6 Å². The summed E-state index contributed by atoms with van der Waals surface area (Å²) in [5.41, 5.74) is 1.40. The molecular weight excluding hydrogens is 306 g/mol. The number of hydrogen-bond acceptors (Lipinski definition) is 6. The van der Waals surface area contributed by atoms with Crippen molar-refractivity contribution in [3.8, 4) is 0 Å². The van der Waals surface area contributed by atoms with Crippen LogP contribution in [0.25, 0.3) is 0 Å². The van der Waals surface area contributed by atoms with Gasteiger partial charge < -0.3 is 9.42 Å². The van der Waals surface area contributed by atoms with Crippen LogP contribution < -0.4 is 0 Å². The van der Waals surface area contributed by atoms with Gasteiger partial charge in [-0.2, -0.15) is 0 Å². The first kappa shape index (κ1) is 16.7. The Bertz CT molecular complexity index is 471. The van der Waals surface area contributed by atoms with Gasteiger partial charge in [0.15, 0.2) is 0 Å². The van der Waals surface area contributed by atoms with Crippen molar-refractivity contribution in [2.45, 2.75) is 26.7 Å². The molecule has 1 aromatic heterocycles. The van der Waals surface area contributed by atoms with E-state index in [0.717, 1.165) is 50.7 Å². The van der Waals surface area contributed by atoms with E-state index in [4.69, 9.17) is 4.52 Å². The van der Waals surface area contributed by atoms with E-state index in [1.165, 1.54) is 0 Å². The summed E-state index contributed by atoms with van der Waals surface area (Å²) in [6, 6.07) is 0. The van der Waals surface area contributed by atoms with Crippen LogP contribution in [-0.2, 0) is 6.42 Å². The summed E-state index contributed by atoms with van der Waals surface area (Å²) in [4.78, 5) is 17.0. The number of amides is 1. The minimum atomic E-state index is 0.0781. The number of nitrogens with zero attached hydrogens (tertiary/aromatic N) is 3. The lowest BCUT2D eigenvalue weighted by atomic mass is 10.1. The van der Waals surface area contributed by atoms with Crippen LogP contribution in [0.1, 0.15) is 35.2 Å². The van der Waals surface area contributed by atoms with Crippen LogP contribution in [-0.4, -0.2) is 59.2 Å². The topological polar surface area (TPSA) is 49.6 Å². The van der Waals surface area contributed by atoms with Crippen LogP contribution in [0.3, 0.4) is 0 Å². The highest BCUT2D eigenvalue weighted by atomic mass is 33.1. The van der Waals surface area contributed by atoms with Gasteiger partial charge in [0.1, 0.15) is 11.3 Å². The molecule has 0 aromatic carbocycles. The molecule has 0 spiro atoms. The molecule has 7 heteroatoms. The van der Waals surface area contributed by atoms with Gasteiger partial charge in [-0.15, -0.1) is 0 Å². The van der Waals surface area contributed by atoms with Crippen molar-refractivity contribution in [3.05, 3.63) is 17.0 Å². The van der Waals surface area contributed by atoms with Crippen molar-refractivity contribution in [2.75, 3.05) is 38.3 Å². The third-order valence-corrected chi connectivity index (χ3v) is 5.37. The largest absolute Gasteiger partial charge is 0.360 e. The molecule has 0 aliphatic carbocycles. The fraction of sp³-hybridized carbons (Fsp3) is 0.714. The van der Waals surface area contributed by atoms with Crippen molar-refractivity contribution in [1.29, 1.82) is 0 Å². The third-order valence-electron chi connectivity index (χ3n) is 3.64. The van der Waals surface area contributed by atoms with Crippen LogP contribution >= 0.6 is 21.6 Å². The second kappa shape index (κ2) is 8.10. The Balaban J connectivity index is 1.97. The lowest BCUT2D eigenvalue weighted by molar-refractivity contribution is 0.0655. The molecule has 0 radical (unpaired) electrons. The molecule has 0 N–H and O–H groups in total. The summed E-state index contributed by atoms with van der Waals surface area (Å²) >= 11 is 0. The monoisotopic (exact) mass is 329 g/mol. The predicted octanol–water partition coefficient (Wildman–Crippen LogP) is 2.66. The van der Waals surface area contributed by atoms with E-state index in [2.05, 4.69) is 23.2 Å². The molecule has 21 heavy (non-hydrogen) atoms. The second-order valence-corrected chi connectivity index (χ2v) is 7.67. The number of hydrogen-bond donors (Lipinski definition) is 0. The van der Waals surface area contributed by atoms with Gasteiger partial charge in [0, 0.05) is 32.6 Å². The zero-order valence-electron chi connectivity index (χ0n) is 12.9. The van der Waals surface area contributed by atoms with Gasteiger partial charge in [-0.1, -0.05) is 33.7 Å². The maximum atomic E-state index is 12.7. The number of rotatable bonds is 6. The van der Waals surface area contributed by atoms with Crippen molar-refractivity contribution >= 4 is 27.5 Å². The van der Waals surface area contributed by atoms with E-state index < -0.39 is 0 Å². The molecule has 118 valence electrons. The molecule has 1 aliphatic heterocycles. The zero-order chi connectivity index (χ0) is 15.2. The van der Waals surface area contributed by atoms with Crippen molar-refractivity contribution in [2.24, 2.45) is 0 Å². The first-order chi connectivity index (χ1) is 10.2. The minimum Gasteiger partial charge on any atom is -0.360 e. The number of aromatic nitrogens is 1. The molecule has 1 aromatic rings. The first-order valence-electron chi connectivity index (χ1n) is 7.29. The molecule has 1 amide bonds. The fourth-order valence-electron chi connectivity index (χ4n) is 2.45. The molecule has 2 heterocycles. The predicted molar refractivity (Wildman–Crippen MR) is 88.7 cm³/mol. The smallest absolute Gasteiger partial charge is 0.259 e. The SMILES string of the molecule is CCCc1onc(C)c1C(=O)N1CCN(CSSC)CC1. The summed E-state index contributed by atoms with van der Waals surface area (Å²) in [7, 11) is 3.63. The van der Waals surface area contributed by atoms with E-state index in [9.17, 15) is 4.79 Å². The Morgan fingerprint density at radius 3 is 2.67 bits per heavy atom. The molecule has 5 nitrogen and oxygen atoms in total. The van der Waals surface area contributed by atoms with E-state index in [0.29, 0.717) is 11.3 Å². The Labute approximate surface area is 134 Å². The van der Waals surface area contributed by atoms with Gasteiger partial charge >= 0.3 is 0 Å². The van der Waals surface area contributed by atoms with Crippen molar-refractivity contribution in [1.82, 2.24) is 15.0 Å². The normalized spacial score (nSPS) is 16.4. The fourth-order valence-corrected chi connectivity index (χ4v) is 3.73. The zero-order valence-corrected chi connectivity index (χ0v) is 14.6. The van der Waals surface area contributed by atoms with Crippen LogP contribution in [0.15, 0.2) is 4.52 Å². The average Bonchev–Trinajstić information content (AvgIpc) is 2.86. The van der Waals surface area contributed by atoms with Crippen LogP contribution in [0, 0.1) is 6.92 Å². The molecular formula is C14H23N3O2S2. The summed E-state index contributed by atoms with van der Waals surface area (Å²) < 4.78 is 5.31. The quantitative estimate of drug-likeness (QED) is 0.748. The van der Waals surface area contributed by atoms with E-state index in [1.54, 1.807) is 10.8 Å². The lowest BCUT2D eigenvalue weighted by Crippen LogP contribution is -2.48. The number of aryl methyl sites for hydroxylation is 2. The van der Waals surface area contributed by atoms with Gasteiger partial charge in [-0.25, -0.2) is 0 Å². The minimum absolute atomic E-state index is 0.0781. The molecule has 0 unspecified atom stereocenters. The van der Waals surface area contributed by atoms with Gasteiger partial charge in [-0.05, 0) is 19.6 Å². The molecule has 2 rings (SSSR count). The van der Waals surface area contributed by atoms with E-state index >= 15 is 0 Å². The van der Waals surface area contributed by atoms with Gasteiger partial charge in [0.25, 0.3) is 5.91 Å². The van der Waals surface area contributed by atoms with Crippen molar-refractivity contribution < 1.29 is 9.32 Å². The highest BCUT2D eigenvalue weighted by Crippen LogP contribution is 2.21. The highest BCUT2D eigenvalue weighted by molar-refractivity contribution is 8.76. The highest BCUT2D eigenvalue weighted by Gasteiger charge is 2.27. The standard InChI is InChI=1S/C14H23N3O2S2/c1-4-5-12-13(11(2)15-19-12)14(18)17-8-6-16(7-9-17)10-21-20-3/h4-10H2,1-3H3.